The topological polar surface area (TPSA) is 86.1 Å². The number of carboxylic acid groups (broad SMARTS) is 1. The van der Waals surface area contributed by atoms with Crippen molar-refractivity contribution in [3.05, 3.63) is 34.4 Å². The molecule has 0 aromatic carbocycles. The highest BCUT2D eigenvalue weighted by Crippen LogP contribution is 2.47. The number of aromatic nitrogens is 2. The third kappa shape index (κ3) is 2.20. The lowest BCUT2D eigenvalue weighted by molar-refractivity contribution is -0.688. The number of carbonyl (C=O) groups is 2. The van der Waals surface area contributed by atoms with E-state index in [1.165, 1.54) is 26.7 Å². The minimum absolute atomic E-state index is 0.0930. The van der Waals surface area contributed by atoms with Crippen LogP contribution in [0.15, 0.2) is 23.8 Å². The number of aliphatic hydroxyl groups excluding tert-OH is 1. The van der Waals surface area contributed by atoms with Crippen LogP contribution >= 0.6 is 11.3 Å². The van der Waals surface area contributed by atoms with Gasteiger partial charge in [-0.05, 0) is 19.8 Å². The Kier molecular flexibility index (Phi) is 3.55. The second-order valence-corrected chi connectivity index (χ2v) is 9.00. The maximum absolute atomic E-state index is 12.4. The third-order valence-corrected chi connectivity index (χ3v) is 7.50. The predicted molar refractivity (Wildman–Crippen MR) is 97.1 cm³/mol. The van der Waals surface area contributed by atoms with Gasteiger partial charge in [-0.2, -0.15) is 4.40 Å². The molecule has 1 amide bonds. The molecule has 1 fully saturated rings. The highest BCUT2D eigenvalue weighted by Gasteiger charge is 2.60. The van der Waals surface area contributed by atoms with Crippen LogP contribution in [0.5, 0.6) is 0 Å². The number of amides is 1. The maximum Gasteiger partial charge on any atom is 0.352 e. The average Bonchev–Trinajstić information content (AvgIpc) is 3.29. The molecule has 2 aromatic rings. The van der Waals surface area contributed by atoms with Crippen molar-refractivity contribution in [1.82, 2.24) is 9.30 Å². The summed E-state index contributed by atoms with van der Waals surface area (Å²) in [6.45, 7) is 4.00. The number of carboxylic acids is 1. The summed E-state index contributed by atoms with van der Waals surface area (Å²) in [5.74, 6) is -1.96. The van der Waals surface area contributed by atoms with E-state index >= 15 is 0 Å². The molecule has 7 nitrogen and oxygen atoms in total. The maximum atomic E-state index is 12.4. The van der Waals surface area contributed by atoms with Gasteiger partial charge < -0.3 is 15.1 Å². The molecular weight excluding hydrogens is 366 g/mol. The quantitative estimate of drug-likeness (QED) is 0.604. The smallest absolute Gasteiger partial charge is 0.352 e. The van der Waals surface area contributed by atoms with Crippen LogP contribution in [0.3, 0.4) is 0 Å². The summed E-state index contributed by atoms with van der Waals surface area (Å²) in [4.78, 5) is 28.3. The lowest BCUT2D eigenvalue weighted by Gasteiger charge is -2.46. The fourth-order valence-electron chi connectivity index (χ4n) is 5.05. The van der Waals surface area contributed by atoms with Gasteiger partial charge in [0.2, 0.25) is 17.1 Å². The van der Waals surface area contributed by atoms with Gasteiger partial charge in [0.25, 0.3) is 0 Å². The van der Waals surface area contributed by atoms with Crippen LogP contribution in [-0.2, 0) is 29.0 Å². The zero-order valence-electron chi connectivity index (χ0n) is 15.3. The highest BCUT2D eigenvalue weighted by molar-refractivity contribution is 7.17. The number of carbonyl (C=O) groups excluding carboxylic acids is 1. The van der Waals surface area contributed by atoms with Crippen molar-refractivity contribution in [3.8, 4) is 0 Å². The minimum Gasteiger partial charge on any atom is -0.477 e. The number of hydrogen-bond donors (Lipinski definition) is 2. The van der Waals surface area contributed by atoms with E-state index in [1.54, 1.807) is 18.3 Å². The van der Waals surface area contributed by atoms with Crippen LogP contribution in [0.2, 0.25) is 0 Å². The predicted octanol–water partition coefficient (Wildman–Crippen LogP) is 0.973. The number of β-lactam (4-membered cyclic amide) rings is 1. The number of fused-ring (bicyclic) bond motifs is 4. The van der Waals surface area contributed by atoms with E-state index in [-0.39, 0.29) is 23.6 Å². The zero-order valence-corrected chi connectivity index (χ0v) is 16.1. The molecule has 27 heavy (non-hydrogen) atoms. The molecule has 2 aliphatic heterocycles. The monoisotopic (exact) mass is 388 g/mol. The van der Waals surface area contributed by atoms with Crippen LogP contribution in [0.25, 0.3) is 4.83 Å². The number of imidazole rings is 1. The van der Waals surface area contributed by atoms with Crippen molar-refractivity contribution >= 4 is 28.0 Å². The lowest BCUT2D eigenvalue weighted by atomic mass is 9.78. The number of rotatable bonds is 4. The Hall–Kier alpha value is -2.19. The molecule has 142 valence electrons. The molecule has 8 heteroatoms. The Morgan fingerprint density at radius 2 is 2.22 bits per heavy atom. The van der Waals surface area contributed by atoms with Crippen molar-refractivity contribution in [2.45, 2.75) is 51.8 Å². The van der Waals surface area contributed by atoms with E-state index in [0.717, 1.165) is 18.4 Å². The van der Waals surface area contributed by atoms with E-state index in [1.807, 2.05) is 17.8 Å². The molecule has 2 aromatic heterocycles. The molecule has 0 unspecified atom stereocenters. The minimum atomic E-state index is -1.07. The van der Waals surface area contributed by atoms with Gasteiger partial charge in [-0.25, -0.2) is 9.36 Å². The Balaban J connectivity index is 1.51. The van der Waals surface area contributed by atoms with Gasteiger partial charge in [-0.3, -0.25) is 4.79 Å². The summed E-state index contributed by atoms with van der Waals surface area (Å²) < 4.78 is 4.24. The Morgan fingerprint density at radius 3 is 2.93 bits per heavy atom. The van der Waals surface area contributed by atoms with Gasteiger partial charge in [-0.15, -0.1) is 0 Å². The second kappa shape index (κ2) is 5.65. The first kappa shape index (κ1) is 16.9. The SMILES string of the molecule is C[C@@H](O)[C@H]1C(=O)N2C(C(=O)O)=C(C[n+]3cc4sc5c(n4c3)CCC5)[C@H](C)[C@H]12. The van der Waals surface area contributed by atoms with Gasteiger partial charge in [0, 0.05) is 17.9 Å². The molecule has 4 atom stereocenters. The molecule has 1 saturated heterocycles. The zero-order chi connectivity index (χ0) is 19.0. The molecular formula is C19H22N3O4S+. The summed E-state index contributed by atoms with van der Waals surface area (Å²) in [7, 11) is 0. The van der Waals surface area contributed by atoms with Gasteiger partial charge in [0.1, 0.15) is 24.1 Å². The highest BCUT2D eigenvalue weighted by atomic mass is 32.1. The molecule has 0 spiro atoms. The number of aryl methyl sites for hydroxylation is 2. The number of hydrogen-bond acceptors (Lipinski definition) is 4. The number of thiazole rings is 1. The molecule has 0 saturated carbocycles. The molecule has 1 aliphatic carbocycles. The Labute approximate surface area is 160 Å². The summed E-state index contributed by atoms with van der Waals surface area (Å²) in [5, 5.41) is 19.7. The Bertz CT molecular complexity index is 1020. The van der Waals surface area contributed by atoms with Crippen LogP contribution in [0.1, 0.15) is 30.8 Å². The first-order valence-corrected chi connectivity index (χ1v) is 10.2. The Morgan fingerprint density at radius 1 is 1.44 bits per heavy atom. The number of aliphatic carboxylic acids is 1. The van der Waals surface area contributed by atoms with E-state index in [4.69, 9.17) is 0 Å². The van der Waals surface area contributed by atoms with Gasteiger partial charge in [0.05, 0.1) is 22.9 Å². The van der Waals surface area contributed by atoms with Crippen LogP contribution in [0, 0.1) is 11.8 Å². The van der Waals surface area contributed by atoms with Crippen molar-refractivity contribution in [2.75, 3.05) is 0 Å². The first-order valence-electron chi connectivity index (χ1n) is 9.37. The number of aliphatic hydroxyl groups is 1. The van der Waals surface area contributed by atoms with Gasteiger partial charge in [-0.1, -0.05) is 18.3 Å². The van der Waals surface area contributed by atoms with Crippen molar-refractivity contribution in [3.63, 3.8) is 0 Å². The molecule has 0 radical (unpaired) electrons. The van der Waals surface area contributed by atoms with Crippen molar-refractivity contribution in [2.24, 2.45) is 11.8 Å². The molecule has 5 rings (SSSR count). The largest absolute Gasteiger partial charge is 0.477 e. The van der Waals surface area contributed by atoms with Crippen molar-refractivity contribution < 1.29 is 24.4 Å². The van der Waals surface area contributed by atoms with E-state index in [9.17, 15) is 19.8 Å². The average molecular weight is 388 g/mol. The van der Waals surface area contributed by atoms with Gasteiger partial charge >= 0.3 is 5.97 Å². The van der Waals surface area contributed by atoms with Crippen molar-refractivity contribution in [1.29, 1.82) is 0 Å². The fourth-order valence-corrected chi connectivity index (χ4v) is 6.31. The number of nitrogens with zero attached hydrogens (tertiary/aromatic N) is 3. The summed E-state index contributed by atoms with van der Waals surface area (Å²) >= 11 is 1.80. The molecule has 2 N–H and O–H groups in total. The third-order valence-electron chi connectivity index (χ3n) is 6.31. The summed E-state index contributed by atoms with van der Waals surface area (Å²) in [5.41, 5.74) is 2.22. The van der Waals surface area contributed by atoms with E-state index in [0.29, 0.717) is 6.54 Å². The van der Waals surface area contributed by atoms with Gasteiger partial charge in [0.15, 0.2) is 0 Å². The standard InChI is InChI=1S/C19H21N3O4S/c1-9-11(17(19(25)26)22-16(9)15(10(2)23)18(22)24)6-20-7-14-21(8-20)12-4-3-5-13(12)27-14/h7-10,15-16,23H,3-6H2,1-2H3/p+1/t9-,10+,15+,16+/m0/s1. The summed E-state index contributed by atoms with van der Waals surface area (Å²) in [6.07, 6.45) is 6.76. The van der Waals surface area contributed by atoms with Crippen LogP contribution < -0.4 is 4.57 Å². The normalized spacial score (nSPS) is 27.9. The first-order chi connectivity index (χ1) is 12.9. The van der Waals surface area contributed by atoms with Crippen LogP contribution in [0.4, 0.5) is 0 Å². The van der Waals surface area contributed by atoms with E-state index < -0.39 is 18.0 Å². The molecule has 3 aliphatic rings. The summed E-state index contributed by atoms with van der Waals surface area (Å²) in [6, 6.07) is -0.257. The fraction of sp³-hybridized carbons (Fsp3) is 0.526. The molecule has 4 heterocycles. The molecule has 0 bridgehead atoms. The van der Waals surface area contributed by atoms with Crippen LogP contribution in [-0.4, -0.2) is 43.5 Å². The second-order valence-electron chi connectivity index (χ2n) is 7.88. The van der Waals surface area contributed by atoms with E-state index in [2.05, 4.69) is 10.6 Å². The lowest BCUT2D eigenvalue weighted by Crippen LogP contribution is -2.63.